The largest absolute Gasteiger partial charge is 0.298 e. The minimum absolute atomic E-state index is 0.0309. The van der Waals surface area contributed by atoms with Crippen LogP contribution in [0.3, 0.4) is 0 Å². The van der Waals surface area contributed by atoms with Gasteiger partial charge >= 0.3 is 0 Å². The Morgan fingerprint density at radius 2 is 1.86 bits per heavy atom. The lowest BCUT2D eigenvalue weighted by molar-refractivity contribution is -0.116. The maximum atomic E-state index is 11.4. The average Bonchev–Trinajstić information content (AvgIpc) is 2.49. The Morgan fingerprint density at radius 1 is 1.21 bits per heavy atom. The fraction of sp³-hybridized carbons (Fsp3) is 0.222. The maximum Gasteiger partial charge on any atom is 0.242 e. The molecule has 0 spiro atoms. The molecule has 14 heavy (non-hydrogen) atoms. The molecule has 1 amide bonds. The molecular formula is C9H8Cl2N2O. The molecule has 1 fully saturated rings. The average molecular weight is 231 g/mol. The summed E-state index contributed by atoms with van der Waals surface area (Å²) in [7, 11) is 0. The molecule has 3 nitrogen and oxygen atoms in total. The van der Waals surface area contributed by atoms with Gasteiger partial charge in [-0.25, -0.2) is 0 Å². The second-order valence-corrected chi connectivity index (χ2v) is 3.91. The van der Waals surface area contributed by atoms with E-state index in [-0.39, 0.29) is 5.91 Å². The number of carbonyl (C=O) groups excluding carboxylic acids is 1. The van der Waals surface area contributed by atoms with Crippen LogP contribution in [0.2, 0.25) is 10.0 Å². The number of rotatable bonds is 1. The number of benzene rings is 1. The maximum absolute atomic E-state index is 11.4. The summed E-state index contributed by atoms with van der Waals surface area (Å²) >= 11 is 11.7. The SMILES string of the molecule is O=C1CNCN1c1cc(Cl)cc(Cl)c1. The van der Waals surface area contributed by atoms with Crippen molar-refractivity contribution in [3.05, 3.63) is 28.2 Å². The molecule has 1 aromatic rings. The predicted molar refractivity (Wildman–Crippen MR) is 56.8 cm³/mol. The Morgan fingerprint density at radius 3 is 2.36 bits per heavy atom. The van der Waals surface area contributed by atoms with Gasteiger partial charge in [0.15, 0.2) is 0 Å². The van der Waals surface area contributed by atoms with Gasteiger partial charge in [-0.3, -0.25) is 15.0 Å². The van der Waals surface area contributed by atoms with Crippen molar-refractivity contribution in [3.63, 3.8) is 0 Å². The van der Waals surface area contributed by atoms with Gasteiger partial charge in [0.05, 0.1) is 13.2 Å². The second kappa shape index (κ2) is 3.77. The summed E-state index contributed by atoms with van der Waals surface area (Å²) in [4.78, 5) is 13.0. The highest BCUT2D eigenvalue weighted by Crippen LogP contribution is 2.25. The van der Waals surface area contributed by atoms with Crippen molar-refractivity contribution in [2.75, 3.05) is 18.1 Å². The molecule has 1 aliphatic rings. The van der Waals surface area contributed by atoms with Crippen molar-refractivity contribution >= 4 is 34.8 Å². The molecule has 0 bridgehead atoms. The number of nitrogens with zero attached hydrogens (tertiary/aromatic N) is 1. The molecule has 1 heterocycles. The predicted octanol–water partition coefficient (Wildman–Crippen LogP) is 1.89. The third-order valence-electron chi connectivity index (χ3n) is 2.01. The van der Waals surface area contributed by atoms with Gasteiger partial charge in [0.2, 0.25) is 5.91 Å². The number of amides is 1. The van der Waals surface area contributed by atoms with Gasteiger partial charge in [-0.05, 0) is 18.2 Å². The van der Waals surface area contributed by atoms with Crippen molar-refractivity contribution in [2.24, 2.45) is 0 Å². The molecule has 0 unspecified atom stereocenters. The third kappa shape index (κ3) is 1.85. The molecule has 1 aliphatic heterocycles. The van der Waals surface area contributed by atoms with Crippen LogP contribution in [0.5, 0.6) is 0 Å². The molecule has 1 saturated heterocycles. The standard InChI is InChI=1S/C9H8Cl2N2O/c10-6-1-7(11)3-8(2-6)13-5-12-4-9(13)14/h1-3,12H,4-5H2. The Balaban J connectivity index is 2.35. The highest BCUT2D eigenvalue weighted by atomic mass is 35.5. The van der Waals surface area contributed by atoms with Gasteiger partial charge in [-0.15, -0.1) is 0 Å². The van der Waals surface area contributed by atoms with Gasteiger partial charge in [0.25, 0.3) is 0 Å². The lowest BCUT2D eigenvalue weighted by atomic mass is 10.3. The number of hydrogen-bond donors (Lipinski definition) is 1. The molecule has 2 rings (SSSR count). The Kier molecular flexibility index (Phi) is 2.63. The van der Waals surface area contributed by atoms with Crippen LogP contribution in [-0.2, 0) is 4.79 Å². The van der Waals surface area contributed by atoms with Crippen LogP contribution in [0.15, 0.2) is 18.2 Å². The van der Waals surface area contributed by atoms with E-state index < -0.39 is 0 Å². The minimum atomic E-state index is 0.0309. The second-order valence-electron chi connectivity index (χ2n) is 3.03. The van der Waals surface area contributed by atoms with Crippen molar-refractivity contribution < 1.29 is 4.79 Å². The van der Waals surface area contributed by atoms with E-state index in [0.29, 0.717) is 23.3 Å². The summed E-state index contributed by atoms with van der Waals surface area (Å²) in [6.45, 7) is 0.875. The van der Waals surface area contributed by atoms with E-state index in [9.17, 15) is 4.79 Å². The van der Waals surface area contributed by atoms with Crippen molar-refractivity contribution in [1.29, 1.82) is 0 Å². The highest BCUT2D eigenvalue weighted by Gasteiger charge is 2.21. The molecule has 0 aliphatic carbocycles. The molecule has 0 saturated carbocycles. The van der Waals surface area contributed by atoms with Crippen molar-refractivity contribution in [3.8, 4) is 0 Å². The van der Waals surface area contributed by atoms with Crippen LogP contribution < -0.4 is 10.2 Å². The molecule has 0 aromatic heterocycles. The van der Waals surface area contributed by atoms with Crippen LogP contribution in [0.25, 0.3) is 0 Å². The van der Waals surface area contributed by atoms with Gasteiger partial charge in [0.1, 0.15) is 0 Å². The van der Waals surface area contributed by atoms with E-state index in [1.54, 1.807) is 23.1 Å². The first-order valence-corrected chi connectivity index (χ1v) is 4.89. The summed E-state index contributed by atoms with van der Waals surface area (Å²) in [5, 5.41) is 4.02. The van der Waals surface area contributed by atoms with Crippen LogP contribution in [0.1, 0.15) is 0 Å². The van der Waals surface area contributed by atoms with E-state index in [2.05, 4.69) is 5.32 Å². The van der Waals surface area contributed by atoms with Gasteiger partial charge in [-0.2, -0.15) is 0 Å². The summed E-state index contributed by atoms with van der Waals surface area (Å²) in [5.74, 6) is 0.0309. The Bertz CT molecular complexity index is 361. The first-order chi connectivity index (χ1) is 6.66. The molecule has 5 heteroatoms. The quantitative estimate of drug-likeness (QED) is 0.800. The van der Waals surface area contributed by atoms with E-state index in [1.165, 1.54) is 0 Å². The molecular weight excluding hydrogens is 223 g/mol. The van der Waals surface area contributed by atoms with Crippen molar-refractivity contribution in [2.45, 2.75) is 0 Å². The number of nitrogens with one attached hydrogen (secondary N) is 1. The summed E-state index contributed by atoms with van der Waals surface area (Å²) in [6.07, 6.45) is 0. The highest BCUT2D eigenvalue weighted by molar-refractivity contribution is 6.35. The molecule has 0 atom stereocenters. The summed E-state index contributed by atoms with van der Waals surface area (Å²) < 4.78 is 0. The molecule has 1 aromatic carbocycles. The van der Waals surface area contributed by atoms with Gasteiger partial charge in [0, 0.05) is 15.7 Å². The molecule has 74 valence electrons. The normalized spacial score (nSPS) is 16.4. The monoisotopic (exact) mass is 230 g/mol. The number of hydrogen-bond acceptors (Lipinski definition) is 2. The van der Waals surface area contributed by atoms with Gasteiger partial charge in [-0.1, -0.05) is 23.2 Å². The lowest BCUT2D eigenvalue weighted by Gasteiger charge is -2.15. The van der Waals surface area contributed by atoms with Gasteiger partial charge < -0.3 is 0 Å². The Labute approximate surface area is 91.6 Å². The molecule has 1 N–H and O–H groups in total. The number of carbonyl (C=O) groups is 1. The van der Waals surface area contributed by atoms with Crippen LogP contribution in [-0.4, -0.2) is 19.1 Å². The zero-order chi connectivity index (χ0) is 10.1. The zero-order valence-corrected chi connectivity index (χ0v) is 8.77. The van der Waals surface area contributed by atoms with E-state index >= 15 is 0 Å². The Hall–Kier alpha value is -0.770. The topological polar surface area (TPSA) is 32.3 Å². The summed E-state index contributed by atoms with van der Waals surface area (Å²) in [6, 6.07) is 5.08. The van der Waals surface area contributed by atoms with E-state index in [4.69, 9.17) is 23.2 Å². The number of anilines is 1. The number of halogens is 2. The van der Waals surface area contributed by atoms with Crippen LogP contribution >= 0.6 is 23.2 Å². The zero-order valence-electron chi connectivity index (χ0n) is 7.26. The van der Waals surface area contributed by atoms with E-state index in [0.717, 1.165) is 5.69 Å². The fourth-order valence-electron chi connectivity index (χ4n) is 1.39. The summed E-state index contributed by atoms with van der Waals surface area (Å²) in [5.41, 5.74) is 0.734. The lowest BCUT2D eigenvalue weighted by Crippen LogP contribution is -2.25. The molecule has 0 radical (unpaired) electrons. The smallest absolute Gasteiger partial charge is 0.242 e. The third-order valence-corrected chi connectivity index (χ3v) is 2.44. The van der Waals surface area contributed by atoms with E-state index in [1.807, 2.05) is 0 Å². The minimum Gasteiger partial charge on any atom is -0.298 e. The first kappa shape index (κ1) is 9.77. The van der Waals surface area contributed by atoms with Crippen LogP contribution in [0.4, 0.5) is 5.69 Å². The van der Waals surface area contributed by atoms with Crippen molar-refractivity contribution in [1.82, 2.24) is 5.32 Å². The van der Waals surface area contributed by atoms with Crippen LogP contribution in [0, 0.1) is 0 Å². The first-order valence-electron chi connectivity index (χ1n) is 4.14. The fourth-order valence-corrected chi connectivity index (χ4v) is 1.90.